The van der Waals surface area contributed by atoms with Crippen molar-refractivity contribution in [3.05, 3.63) is 0 Å². The van der Waals surface area contributed by atoms with Crippen molar-refractivity contribution in [1.82, 2.24) is 20.4 Å². The maximum Gasteiger partial charge on any atom is 0.220 e. The van der Waals surface area contributed by atoms with Gasteiger partial charge in [-0.1, -0.05) is 0 Å². The zero-order valence-electron chi connectivity index (χ0n) is 12.9. The molecule has 1 atom stereocenters. The number of likely N-dealkylation sites (tertiary alicyclic amines) is 1. The monoisotopic (exact) mass is 282 g/mol. The van der Waals surface area contributed by atoms with Crippen molar-refractivity contribution in [2.24, 2.45) is 0 Å². The van der Waals surface area contributed by atoms with E-state index in [-0.39, 0.29) is 5.91 Å². The lowest BCUT2D eigenvalue weighted by atomic mass is 10.1. The molecule has 5 heteroatoms. The van der Waals surface area contributed by atoms with Gasteiger partial charge in [-0.25, -0.2) is 0 Å². The Morgan fingerprint density at radius 1 is 1.20 bits per heavy atom. The summed E-state index contributed by atoms with van der Waals surface area (Å²) in [4.78, 5) is 16.8. The first-order chi connectivity index (χ1) is 9.75. The van der Waals surface area contributed by atoms with Gasteiger partial charge in [0.15, 0.2) is 0 Å². The summed E-state index contributed by atoms with van der Waals surface area (Å²) in [5.74, 6) is 0.214. The van der Waals surface area contributed by atoms with Gasteiger partial charge in [0.1, 0.15) is 0 Å². The molecule has 2 heterocycles. The van der Waals surface area contributed by atoms with E-state index in [1.807, 2.05) is 0 Å². The van der Waals surface area contributed by atoms with E-state index < -0.39 is 0 Å². The molecule has 116 valence electrons. The summed E-state index contributed by atoms with van der Waals surface area (Å²) >= 11 is 0. The van der Waals surface area contributed by atoms with Crippen molar-refractivity contribution in [1.29, 1.82) is 0 Å². The highest BCUT2D eigenvalue weighted by Gasteiger charge is 2.18. The van der Waals surface area contributed by atoms with Crippen molar-refractivity contribution < 1.29 is 4.79 Å². The molecule has 2 aliphatic heterocycles. The fraction of sp³-hybridized carbons (Fsp3) is 0.933. The lowest BCUT2D eigenvalue weighted by Crippen LogP contribution is -2.46. The van der Waals surface area contributed by atoms with Gasteiger partial charge >= 0.3 is 0 Å². The molecular weight excluding hydrogens is 252 g/mol. The zero-order valence-corrected chi connectivity index (χ0v) is 12.9. The molecular formula is C15H30N4O. The van der Waals surface area contributed by atoms with Crippen LogP contribution in [0, 0.1) is 0 Å². The van der Waals surface area contributed by atoms with Crippen LogP contribution in [0.2, 0.25) is 0 Å². The van der Waals surface area contributed by atoms with E-state index in [4.69, 9.17) is 0 Å². The Kier molecular flexibility index (Phi) is 6.76. The molecule has 0 spiro atoms. The highest BCUT2D eigenvalue weighted by atomic mass is 16.1. The summed E-state index contributed by atoms with van der Waals surface area (Å²) in [5.41, 5.74) is 0. The van der Waals surface area contributed by atoms with Crippen LogP contribution >= 0.6 is 0 Å². The first kappa shape index (κ1) is 15.7. The largest absolute Gasteiger partial charge is 0.355 e. The number of carbonyl (C=O) groups is 1. The van der Waals surface area contributed by atoms with E-state index in [9.17, 15) is 4.79 Å². The second-order valence-electron chi connectivity index (χ2n) is 6.07. The van der Waals surface area contributed by atoms with Crippen molar-refractivity contribution in [3.8, 4) is 0 Å². The molecule has 0 aromatic carbocycles. The summed E-state index contributed by atoms with van der Waals surface area (Å²) in [6, 6.07) is 0.552. The van der Waals surface area contributed by atoms with Gasteiger partial charge in [-0.3, -0.25) is 9.69 Å². The SMILES string of the molecule is C[C@@H](CCC(=O)NCCN1CCNCC1)N1CCCC1. The number of amides is 1. The minimum atomic E-state index is 0.214. The van der Waals surface area contributed by atoms with Gasteiger partial charge in [-0.15, -0.1) is 0 Å². The Morgan fingerprint density at radius 2 is 1.90 bits per heavy atom. The molecule has 1 amide bonds. The van der Waals surface area contributed by atoms with E-state index in [0.29, 0.717) is 12.5 Å². The molecule has 0 aromatic heterocycles. The van der Waals surface area contributed by atoms with Crippen LogP contribution < -0.4 is 10.6 Å². The number of nitrogens with one attached hydrogen (secondary N) is 2. The second-order valence-corrected chi connectivity index (χ2v) is 6.07. The maximum absolute atomic E-state index is 11.8. The van der Waals surface area contributed by atoms with Crippen molar-refractivity contribution in [2.45, 2.75) is 38.6 Å². The van der Waals surface area contributed by atoms with Gasteiger partial charge in [-0.05, 0) is 39.3 Å². The van der Waals surface area contributed by atoms with Crippen LogP contribution in [0.15, 0.2) is 0 Å². The fourth-order valence-electron chi connectivity index (χ4n) is 3.08. The Hall–Kier alpha value is -0.650. The fourth-order valence-corrected chi connectivity index (χ4v) is 3.08. The third kappa shape index (κ3) is 5.38. The molecule has 2 aliphatic rings. The molecule has 0 unspecified atom stereocenters. The number of carbonyl (C=O) groups excluding carboxylic acids is 1. The number of nitrogens with zero attached hydrogens (tertiary/aromatic N) is 2. The first-order valence-corrected chi connectivity index (χ1v) is 8.19. The minimum Gasteiger partial charge on any atom is -0.355 e. The molecule has 2 N–H and O–H groups in total. The average molecular weight is 282 g/mol. The zero-order chi connectivity index (χ0) is 14.2. The van der Waals surface area contributed by atoms with Crippen LogP contribution in [-0.4, -0.2) is 74.1 Å². The van der Waals surface area contributed by atoms with Crippen LogP contribution in [0.1, 0.15) is 32.6 Å². The molecule has 2 fully saturated rings. The van der Waals surface area contributed by atoms with Gasteiger partial charge in [-0.2, -0.15) is 0 Å². The first-order valence-electron chi connectivity index (χ1n) is 8.19. The predicted molar refractivity (Wildman–Crippen MR) is 81.8 cm³/mol. The molecule has 0 radical (unpaired) electrons. The summed E-state index contributed by atoms with van der Waals surface area (Å²) < 4.78 is 0. The van der Waals surface area contributed by atoms with Crippen LogP contribution in [0.25, 0.3) is 0 Å². The van der Waals surface area contributed by atoms with Gasteiger partial charge in [0.05, 0.1) is 0 Å². The molecule has 0 aliphatic carbocycles. The lowest BCUT2D eigenvalue weighted by Gasteiger charge is -2.27. The standard InChI is InChI=1S/C15H30N4O/c1-14(19-9-2-3-10-19)4-5-15(20)17-8-13-18-11-6-16-7-12-18/h14,16H,2-13H2,1H3,(H,17,20)/t14-/m0/s1. The van der Waals surface area contributed by atoms with Crippen LogP contribution in [0.3, 0.4) is 0 Å². The van der Waals surface area contributed by atoms with Gasteiger partial charge in [0.25, 0.3) is 0 Å². The number of hydrogen-bond donors (Lipinski definition) is 2. The Morgan fingerprint density at radius 3 is 2.60 bits per heavy atom. The molecule has 0 saturated carbocycles. The van der Waals surface area contributed by atoms with Crippen LogP contribution in [0.4, 0.5) is 0 Å². The Labute approximate surface area is 123 Å². The number of rotatable bonds is 7. The maximum atomic E-state index is 11.8. The summed E-state index contributed by atoms with van der Waals surface area (Å²) in [7, 11) is 0. The predicted octanol–water partition coefficient (Wildman–Crippen LogP) is 0.272. The topological polar surface area (TPSA) is 47.6 Å². The average Bonchev–Trinajstić information content (AvgIpc) is 3.00. The van der Waals surface area contributed by atoms with Crippen molar-refractivity contribution in [3.63, 3.8) is 0 Å². The second kappa shape index (κ2) is 8.60. The Bertz CT molecular complexity index is 286. The summed E-state index contributed by atoms with van der Waals surface area (Å²) in [6.07, 6.45) is 4.29. The highest BCUT2D eigenvalue weighted by Crippen LogP contribution is 2.14. The Balaban J connectivity index is 1.51. The van der Waals surface area contributed by atoms with E-state index in [2.05, 4.69) is 27.4 Å². The highest BCUT2D eigenvalue weighted by molar-refractivity contribution is 5.75. The van der Waals surface area contributed by atoms with Gasteiger partial charge in [0, 0.05) is 51.7 Å². The van der Waals surface area contributed by atoms with Crippen LogP contribution in [-0.2, 0) is 4.79 Å². The van der Waals surface area contributed by atoms with E-state index >= 15 is 0 Å². The third-order valence-electron chi connectivity index (χ3n) is 4.51. The summed E-state index contributed by atoms with van der Waals surface area (Å²) in [6.45, 7) is 10.8. The van der Waals surface area contributed by atoms with E-state index in [1.54, 1.807) is 0 Å². The quantitative estimate of drug-likeness (QED) is 0.704. The molecule has 2 saturated heterocycles. The van der Waals surface area contributed by atoms with Crippen molar-refractivity contribution in [2.75, 3.05) is 52.4 Å². The molecule has 0 bridgehead atoms. The van der Waals surface area contributed by atoms with E-state index in [0.717, 1.165) is 45.7 Å². The summed E-state index contributed by atoms with van der Waals surface area (Å²) in [5, 5.41) is 6.40. The molecule has 2 rings (SSSR count). The molecule has 5 nitrogen and oxygen atoms in total. The number of piperazine rings is 1. The molecule has 0 aromatic rings. The van der Waals surface area contributed by atoms with Crippen molar-refractivity contribution >= 4 is 5.91 Å². The van der Waals surface area contributed by atoms with Gasteiger partial charge in [0.2, 0.25) is 5.91 Å². The molecule has 20 heavy (non-hydrogen) atoms. The van der Waals surface area contributed by atoms with Crippen LogP contribution in [0.5, 0.6) is 0 Å². The smallest absolute Gasteiger partial charge is 0.220 e. The lowest BCUT2D eigenvalue weighted by molar-refractivity contribution is -0.121. The third-order valence-corrected chi connectivity index (χ3v) is 4.51. The van der Waals surface area contributed by atoms with Gasteiger partial charge < -0.3 is 15.5 Å². The number of hydrogen-bond acceptors (Lipinski definition) is 4. The normalized spacial score (nSPS) is 22.9. The minimum absolute atomic E-state index is 0.214. The van der Waals surface area contributed by atoms with E-state index in [1.165, 1.54) is 25.9 Å².